The zero-order valence-corrected chi connectivity index (χ0v) is 23.8. The van der Waals surface area contributed by atoms with Crippen molar-refractivity contribution >= 4 is 22.8 Å². The molecule has 0 saturated heterocycles. The number of hydrogen-bond acceptors (Lipinski definition) is 7. The monoisotopic (exact) mass is 587 g/mol. The van der Waals surface area contributed by atoms with E-state index in [-0.39, 0.29) is 17.6 Å². The van der Waals surface area contributed by atoms with Gasteiger partial charge in [0.25, 0.3) is 17.7 Å². The Morgan fingerprint density at radius 3 is 2.45 bits per heavy atom. The number of carbonyl (C=O) groups excluding carboxylic acids is 2. The van der Waals surface area contributed by atoms with Gasteiger partial charge in [-0.1, -0.05) is 23.4 Å². The molecule has 2 N–H and O–H groups in total. The number of hydrogen-bond donors (Lipinski definition) is 2. The number of carbonyl (C=O) groups is 2. The predicted molar refractivity (Wildman–Crippen MR) is 161 cm³/mol. The first-order chi connectivity index (χ1) is 21.3. The molecule has 2 amide bonds. The van der Waals surface area contributed by atoms with E-state index in [1.807, 2.05) is 43.3 Å². The smallest absolute Gasteiger partial charge is 0.255 e. The summed E-state index contributed by atoms with van der Waals surface area (Å²) in [5.41, 5.74) is 4.35. The van der Waals surface area contributed by atoms with Gasteiger partial charge in [-0.3, -0.25) is 14.6 Å². The lowest BCUT2D eigenvalue weighted by Crippen LogP contribution is -2.35. The SMILES string of the molecule is CNC(=O)c1c(-c2ccc(F)cc2)oc2ccc(-c3cc(C(=O)NC4(c5nc(-c6ccccn6)no5)CC4)ccc3C)cc12. The molecule has 218 valence electrons. The van der Waals surface area contributed by atoms with Gasteiger partial charge in [-0.15, -0.1) is 0 Å². The van der Waals surface area contributed by atoms with Crippen LogP contribution in [0.25, 0.3) is 44.9 Å². The van der Waals surface area contributed by atoms with Crippen LogP contribution in [0.2, 0.25) is 0 Å². The Kier molecular flexibility index (Phi) is 6.54. The number of aryl methyl sites for hydroxylation is 1. The average molecular weight is 588 g/mol. The summed E-state index contributed by atoms with van der Waals surface area (Å²) in [6, 6.07) is 22.3. The van der Waals surface area contributed by atoms with Crippen molar-refractivity contribution < 1.29 is 22.9 Å². The molecule has 0 spiro atoms. The van der Waals surface area contributed by atoms with Crippen molar-refractivity contribution in [1.82, 2.24) is 25.8 Å². The number of amides is 2. The zero-order chi connectivity index (χ0) is 30.4. The Hall–Kier alpha value is -5.64. The minimum atomic E-state index is -0.725. The van der Waals surface area contributed by atoms with E-state index in [1.54, 1.807) is 43.6 Å². The third kappa shape index (κ3) is 4.80. The van der Waals surface area contributed by atoms with Gasteiger partial charge >= 0.3 is 0 Å². The van der Waals surface area contributed by atoms with Gasteiger partial charge < -0.3 is 19.6 Å². The molecule has 1 aliphatic rings. The number of nitrogens with one attached hydrogen (secondary N) is 2. The summed E-state index contributed by atoms with van der Waals surface area (Å²) in [6.07, 6.45) is 3.01. The van der Waals surface area contributed by atoms with Crippen LogP contribution >= 0.6 is 0 Å². The van der Waals surface area contributed by atoms with Crippen LogP contribution in [0, 0.1) is 12.7 Å². The third-order valence-electron chi connectivity index (χ3n) is 7.89. The topological polar surface area (TPSA) is 123 Å². The number of rotatable bonds is 7. The lowest BCUT2D eigenvalue weighted by molar-refractivity contribution is 0.0919. The highest BCUT2D eigenvalue weighted by molar-refractivity contribution is 6.12. The molecule has 7 rings (SSSR count). The van der Waals surface area contributed by atoms with Crippen molar-refractivity contribution in [2.24, 2.45) is 0 Å². The van der Waals surface area contributed by atoms with Crippen molar-refractivity contribution in [3.8, 4) is 34.0 Å². The Labute approximate surface area is 251 Å². The molecular weight excluding hydrogens is 561 g/mol. The Morgan fingerprint density at radius 2 is 1.73 bits per heavy atom. The van der Waals surface area contributed by atoms with E-state index in [1.165, 1.54) is 12.1 Å². The molecule has 1 saturated carbocycles. The fourth-order valence-corrected chi connectivity index (χ4v) is 5.32. The maximum absolute atomic E-state index is 13.6. The van der Waals surface area contributed by atoms with Crippen LogP contribution in [-0.2, 0) is 5.54 Å². The molecule has 3 aromatic heterocycles. The van der Waals surface area contributed by atoms with E-state index in [2.05, 4.69) is 25.8 Å². The van der Waals surface area contributed by atoms with Crippen LogP contribution in [0.3, 0.4) is 0 Å². The summed E-state index contributed by atoms with van der Waals surface area (Å²) < 4.78 is 25.2. The zero-order valence-electron chi connectivity index (χ0n) is 23.8. The Morgan fingerprint density at radius 1 is 0.932 bits per heavy atom. The number of aromatic nitrogens is 3. The quantitative estimate of drug-likeness (QED) is 0.220. The predicted octanol–water partition coefficient (Wildman–Crippen LogP) is 6.44. The summed E-state index contributed by atoms with van der Waals surface area (Å²) in [5.74, 6) is 0.0905. The van der Waals surface area contributed by atoms with Gasteiger partial charge in [0.2, 0.25) is 5.82 Å². The average Bonchev–Trinajstić information content (AvgIpc) is 3.47. The van der Waals surface area contributed by atoms with Crippen molar-refractivity contribution in [3.63, 3.8) is 0 Å². The molecule has 3 aromatic carbocycles. The first kappa shape index (κ1) is 27.2. The van der Waals surface area contributed by atoms with Crippen LogP contribution < -0.4 is 10.6 Å². The molecular formula is C34H26FN5O4. The summed E-state index contributed by atoms with van der Waals surface area (Å²) >= 11 is 0. The number of fused-ring (bicyclic) bond motifs is 1. The summed E-state index contributed by atoms with van der Waals surface area (Å²) in [7, 11) is 1.55. The second-order valence-electron chi connectivity index (χ2n) is 10.8. The van der Waals surface area contributed by atoms with Gasteiger partial charge in [0.05, 0.1) is 5.56 Å². The lowest BCUT2D eigenvalue weighted by atomic mass is 9.95. The van der Waals surface area contributed by atoms with Crippen molar-refractivity contribution in [3.05, 3.63) is 113 Å². The number of nitrogens with zero attached hydrogens (tertiary/aromatic N) is 3. The van der Waals surface area contributed by atoms with Crippen molar-refractivity contribution in [1.29, 1.82) is 0 Å². The molecule has 0 bridgehead atoms. The van der Waals surface area contributed by atoms with Gasteiger partial charge in [0.15, 0.2) is 0 Å². The van der Waals surface area contributed by atoms with Gasteiger partial charge in [0, 0.05) is 29.8 Å². The van der Waals surface area contributed by atoms with Gasteiger partial charge in [-0.05, 0) is 97.1 Å². The molecule has 0 aliphatic heterocycles. The van der Waals surface area contributed by atoms with Gasteiger partial charge in [-0.25, -0.2) is 4.39 Å². The van der Waals surface area contributed by atoms with Gasteiger partial charge in [-0.2, -0.15) is 4.98 Å². The molecule has 0 atom stereocenters. The Balaban J connectivity index is 1.21. The van der Waals surface area contributed by atoms with Crippen LogP contribution in [0.4, 0.5) is 4.39 Å². The molecule has 0 unspecified atom stereocenters. The fraction of sp³-hybridized carbons (Fsp3) is 0.147. The molecule has 3 heterocycles. The normalized spacial score (nSPS) is 13.5. The lowest BCUT2D eigenvalue weighted by Gasteiger charge is -2.14. The summed E-state index contributed by atoms with van der Waals surface area (Å²) in [4.78, 5) is 35.3. The first-order valence-corrected chi connectivity index (χ1v) is 14.1. The number of benzene rings is 3. The van der Waals surface area contributed by atoms with E-state index in [9.17, 15) is 14.0 Å². The molecule has 6 aromatic rings. The highest BCUT2D eigenvalue weighted by Gasteiger charge is 2.51. The van der Waals surface area contributed by atoms with Crippen LogP contribution in [0.1, 0.15) is 45.0 Å². The molecule has 10 heteroatoms. The van der Waals surface area contributed by atoms with Gasteiger partial charge in [0.1, 0.15) is 28.4 Å². The van der Waals surface area contributed by atoms with Crippen molar-refractivity contribution in [2.45, 2.75) is 25.3 Å². The maximum atomic E-state index is 13.6. The fourth-order valence-electron chi connectivity index (χ4n) is 5.32. The summed E-state index contributed by atoms with van der Waals surface area (Å²) in [5, 5.41) is 10.4. The van der Waals surface area contributed by atoms with Crippen LogP contribution in [-0.4, -0.2) is 34.0 Å². The number of furan rings is 1. The molecule has 9 nitrogen and oxygen atoms in total. The third-order valence-corrected chi connectivity index (χ3v) is 7.89. The van der Waals surface area contributed by atoms with E-state index in [4.69, 9.17) is 8.94 Å². The Bertz CT molecular complexity index is 2050. The second kappa shape index (κ2) is 10.6. The second-order valence-corrected chi connectivity index (χ2v) is 10.8. The maximum Gasteiger partial charge on any atom is 0.255 e. The molecule has 1 aliphatic carbocycles. The van der Waals surface area contributed by atoms with E-state index < -0.39 is 5.54 Å². The minimum absolute atomic E-state index is 0.268. The van der Waals surface area contributed by atoms with E-state index in [0.717, 1.165) is 16.7 Å². The number of halogens is 1. The largest absolute Gasteiger partial charge is 0.455 e. The van der Waals surface area contributed by atoms with Crippen molar-refractivity contribution in [2.75, 3.05) is 7.05 Å². The highest BCUT2D eigenvalue weighted by Crippen LogP contribution is 2.45. The van der Waals surface area contributed by atoms with Crippen LogP contribution in [0.15, 0.2) is 94.0 Å². The first-order valence-electron chi connectivity index (χ1n) is 14.1. The molecule has 1 fully saturated rings. The van der Waals surface area contributed by atoms with E-state index >= 15 is 0 Å². The standard InChI is InChI=1S/C34H26FN5O4/c1-19-6-7-22(31(41)39-34(14-15-34)33-38-30(40-44-33)26-5-3-4-16-37-26)18-24(19)21-10-13-27-25(17-21)28(32(42)36-2)29(43-27)20-8-11-23(35)12-9-20/h3-13,16-18H,14-15H2,1-2H3,(H,36,42)(H,39,41). The number of pyridine rings is 1. The highest BCUT2D eigenvalue weighted by atomic mass is 19.1. The van der Waals surface area contributed by atoms with E-state index in [0.29, 0.717) is 63.7 Å². The summed E-state index contributed by atoms with van der Waals surface area (Å²) in [6.45, 7) is 1.96. The molecule has 0 radical (unpaired) electrons. The molecule has 44 heavy (non-hydrogen) atoms. The van der Waals surface area contributed by atoms with Crippen LogP contribution in [0.5, 0.6) is 0 Å². The minimum Gasteiger partial charge on any atom is -0.455 e.